The van der Waals surface area contributed by atoms with Crippen molar-refractivity contribution in [1.82, 2.24) is 4.57 Å². The molecule has 2 amide bonds. The molecule has 0 unspecified atom stereocenters. The normalized spacial score (nSPS) is 13.3. The Hall–Kier alpha value is -3.47. The number of carbonyl (C=O) groups excluding carboxylic acids is 3. The molecule has 1 aliphatic rings. The number of rotatable bonds is 8. The van der Waals surface area contributed by atoms with Crippen molar-refractivity contribution in [2.45, 2.75) is 25.8 Å². The van der Waals surface area contributed by atoms with Crippen molar-refractivity contribution in [3.8, 4) is 18.1 Å². The predicted octanol–water partition coefficient (Wildman–Crippen LogP) is 2.16. The van der Waals surface area contributed by atoms with E-state index in [4.69, 9.17) is 15.9 Å². The van der Waals surface area contributed by atoms with Crippen LogP contribution >= 0.6 is 22.7 Å². The van der Waals surface area contributed by atoms with Gasteiger partial charge < -0.3 is 19.4 Å². The van der Waals surface area contributed by atoms with Crippen LogP contribution in [0.15, 0.2) is 23.2 Å². The Morgan fingerprint density at radius 1 is 1.19 bits per heavy atom. The first-order valence-electron chi connectivity index (χ1n) is 11.1. The molecule has 2 aromatic heterocycles. The Morgan fingerprint density at radius 3 is 2.68 bits per heavy atom. The van der Waals surface area contributed by atoms with E-state index in [1.807, 2.05) is 0 Å². The zero-order valence-electron chi connectivity index (χ0n) is 20.0. The number of hydrogen-bond donors (Lipinski definition) is 1. The number of benzene rings is 1. The van der Waals surface area contributed by atoms with E-state index in [1.165, 1.54) is 25.6 Å². The van der Waals surface area contributed by atoms with Crippen LogP contribution in [0.25, 0.3) is 10.2 Å². The molecule has 13 heteroatoms. The number of thiophene rings is 1. The van der Waals surface area contributed by atoms with Gasteiger partial charge in [-0.3, -0.25) is 9.59 Å². The predicted molar refractivity (Wildman–Crippen MR) is 141 cm³/mol. The first kappa shape index (κ1) is 26.6. The highest BCUT2D eigenvalue weighted by molar-refractivity contribution is 7.92. The molecule has 37 heavy (non-hydrogen) atoms. The van der Waals surface area contributed by atoms with Crippen LogP contribution in [-0.4, -0.2) is 56.5 Å². The van der Waals surface area contributed by atoms with Crippen LogP contribution in [0.2, 0.25) is 0 Å². The molecule has 0 fully saturated rings. The number of amides is 2. The van der Waals surface area contributed by atoms with E-state index in [0.717, 1.165) is 44.8 Å². The Kier molecular flexibility index (Phi) is 7.82. The fourth-order valence-electron chi connectivity index (χ4n) is 4.06. The quantitative estimate of drug-likeness (QED) is 0.329. The smallest absolute Gasteiger partial charge is 0.341 e. The summed E-state index contributed by atoms with van der Waals surface area (Å²) in [6.45, 7) is 0.126. The maximum Gasteiger partial charge on any atom is 0.341 e. The fourth-order valence-corrected chi connectivity index (χ4v) is 7.44. The number of carbonyl (C=O) groups is 3. The molecule has 0 spiro atoms. The summed E-state index contributed by atoms with van der Waals surface area (Å²) < 4.78 is 37.7. The van der Waals surface area contributed by atoms with E-state index in [9.17, 15) is 22.8 Å². The maximum atomic E-state index is 12.6. The summed E-state index contributed by atoms with van der Waals surface area (Å²) in [5.74, 6) is -1.16. The number of aryl methyl sites for hydroxylation is 1. The van der Waals surface area contributed by atoms with Gasteiger partial charge in [0, 0.05) is 4.88 Å². The Morgan fingerprint density at radius 2 is 1.97 bits per heavy atom. The third-order valence-corrected chi connectivity index (χ3v) is 9.26. The minimum Gasteiger partial charge on any atom is -0.497 e. The number of terminal acetylenes is 1. The summed E-state index contributed by atoms with van der Waals surface area (Å²) in [5.41, 5.74) is 1.81. The van der Waals surface area contributed by atoms with Crippen LogP contribution in [-0.2, 0) is 43.5 Å². The zero-order chi connectivity index (χ0) is 26.7. The van der Waals surface area contributed by atoms with Gasteiger partial charge in [0.25, 0.3) is 5.91 Å². The number of nitrogens with one attached hydrogen (secondary N) is 1. The van der Waals surface area contributed by atoms with E-state index in [1.54, 1.807) is 22.8 Å². The first-order chi connectivity index (χ1) is 17.7. The minimum atomic E-state index is -4.15. The van der Waals surface area contributed by atoms with Crippen LogP contribution < -0.4 is 14.9 Å². The molecular formula is C24H23N3O7S3. The van der Waals surface area contributed by atoms with E-state index in [0.29, 0.717) is 12.2 Å². The zero-order valence-corrected chi connectivity index (χ0v) is 22.5. The molecule has 0 bridgehead atoms. The van der Waals surface area contributed by atoms with E-state index < -0.39 is 39.1 Å². The summed E-state index contributed by atoms with van der Waals surface area (Å²) >= 11 is 2.40. The van der Waals surface area contributed by atoms with Gasteiger partial charge in [-0.2, -0.15) is 4.99 Å². The molecular weight excluding hydrogens is 538 g/mol. The lowest BCUT2D eigenvalue weighted by atomic mass is 10.1. The van der Waals surface area contributed by atoms with E-state index >= 15 is 0 Å². The Bertz CT molecular complexity index is 1620. The highest BCUT2D eigenvalue weighted by atomic mass is 32.2. The van der Waals surface area contributed by atoms with Crippen molar-refractivity contribution in [1.29, 1.82) is 0 Å². The van der Waals surface area contributed by atoms with Crippen LogP contribution in [0.3, 0.4) is 0 Å². The Balaban J connectivity index is 1.51. The van der Waals surface area contributed by atoms with Gasteiger partial charge in [-0.05, 0) is 43.0 Å². The van der Waals surface area contributed by atoms with Gasteiger partial charge in [0.05, 0.1) is 36.5 Å². The molecule has 1 aliphatic carbocycles. The monoisotopic (exact) mass is 561 g/mol. The lowest BCUT2D eigenvalue weighted by Gasteiger charge is -2.07. The summed E-state index contributed by atoms with van der Waals surface area (Å²) in [6.07, 6.45) is 7.82. The van der Waals surface area contributed by atoms with Gasteiger partial charge in [0.15, 0.2) is 14.6 Å². The number of esters is 1. The van der Waals surface area contributed by atoms with E-state index in [-0.39, 0.29) is 21.9 Å². The number of methoxy groups -OCH3 is 2. The number of sulfone groups is 1. The van der Waals surface area contributed by atoms with Crippen molar-refractivity contribution >= 4 is 65.5 Å². The molecule has 1 aromatic carbocycles. The van der Waals surface area contributed by atoms with Gasteiger partial charge in [0.1, 0.15) is 22.3 Å². The van der Waals surface area contributed by atoms with Crippen molar-refractivity contribution < 1.29 is 32.3 Å². The van der Waals surface area contributed by atoms with Crippen LogP contribution in [0, 0.1) is 12.3 Å². The van der Waals surface area contributed by atoms with Crippen molar-refractivity contribution in [3.63, 3.8) is 0 Å². The van der Waals surface area contributed by atoms with Gasteiger partial charge >= 0.3 is 5.97 Å². The SMILES string of the molecule is C#CCn1c(=NC(=O)CS(=O)(=O)CC(=O)Nc2sc3c(c2C(=O)OC)CCC3)sc2cc(OC)ccc21. The maximum absolute atomic E-state index is 12.6. The molecule has 194 valence electrons. The highest BCUT2D eigenvalue weighted by Crippen LogP contribution is 2.39. The number of ether oxygens (including phenoxy) is 2. The summed E-state index contributed by atoms with van der Waals surface area (Å²) in [7, 11) is -1.38. The van der Waals surface area contributed by atoms with Crippen LogP contribution in [0.4, 0.5) is 5.00 Å². The van der Waals surface area contributed by atoms with Gasteiger partial charge in [-0.15, -0.1) is 17.8 Å². The van der Waals surface area contributed by atoms with Gasteiger partial charge in [0.2, 0.25) is 5.91 Å². The van der Waals surface area contributed by atoms with Crippen LogP contribution in [0.1, 0.15) is 27.2 Å². The number of anilines is 1. The fraction of sp³-hybridized carbons (Fsp3) is 0.333. The van der Waals surface area contributed by atoms with Crippen molar-refractivity contribution in [2.24, 2.45) is 4.99 Å². The molecule has 0 aliphatic heterocycles. The molecule has 0 atom stereocenters. The third kappa shape index (κ3) is 5.76. The molecule has 10 nitrogen and oxygen atoms in total. The molecule has 1 N–H and O–H groups in total. The third-order valence-electron chi connectivity index (χ3n) is 5.62. The average molecular weight is 562 g/mol. The number of thiazole rings is 1. The first-order valence-corrected chi connectivity index (χ1v) is 14.5. The van der Waals surface area contributed by atoms with Crippen LogP contribution in [0.5, 0.6) is 5.75 Å². The average Bonchev–Trinajstić information content (AvgIpc) is 3.50. The lowest BCUT2D eigenvalue weighted by molar-refractivity contribution is -0.115. The second-order valence-electron chi connectivity index (χ2n) is 8.15. The number of fused-ring (bicyclic) bond motifs is 2. The molecule has 0 saturated heterocycles. The largest absolute Gasteiger partial charge is 0.497 e. The summed E-state index contributed by atoms with van der Waals surface area (Å²) in [5, 5.41) is 2.76. The summed E-state index contributed by atoms with van der Waals surface area (Å²) in [4.78, 5) is 42.6. The van der Waals surface area contributed by atoms with Crippen molar-refractivity contribution in [2.75, 3.05) is 31.0 Å². The van der Waals surface area contributed by atoms with Crippen molar-refractivity contribution in [3.05, 3.63) is 39.0 Å². The van der Waals surface area contributed by atoms with Gasteiger partial charge in [-0.25, -0.2) is 13.2 Å². The molecule has 4 rings (SSSR count). The van der Waals surface area contributed by atoms with Gasteiger partial charge in [-0.1, -0.05) is 17.3 Å². The minimum absolute atomic E-state index is 0.126. The molecule has 3 aromatic rings. The number of hydrogen-bond acceptors (Lipinski definition) is 9. The topological polar surface area (TPSA) is 133 Å². The lowest BCUT2D eigenvalue weighted by Crippen LogP contribution is -2.28. The molecule has 2 heterocycles. The second kappa shape index (κ2) is 10.9. The molecule has 0 radical (unpaired) electrons. The second-order valence-corrected chi connectivity index (χ2v) is 12.3. The molecule has 0 saturated carbocycles. The standard InChI is InChI=1S/C24H23N3O7S3/c1-4-10-27-16-9-8-14(33-2)11-18(16)36-24(27)26-20(29)13-37(31,32)12-19(28)25-22-21(23(30)34-3)15-6-5-7-17(15)35-22/h1,8-9,11H,5-7,10,12-13H2,2-3H3,(H,25,28). The number of aromatic nitrogens is 1. The highest BCUT2D eigenvalue weighted by Gasteiger charge is 2.29. The summed E-state index contributed by atoms with van der Waals surface area (Å²) in [6, 6.07) is 5.28. The Labute approximate surface area is 220 Å². The number of nitrogens with zero attached hydrogens (tertiary/aromatic N) is 2. The van der Waals surface area contributed by atoms with E-state index in [2.05, 4.69) is 16.2 Å².